The minimum Gasteiger partial charge on any atom is -0.309 e. The van der Waals surface area contributed by atoms with E-state index < -0.39 is 0 Å². The van der Waals surface area contributed by atoms with E-state index in [1.54, 1.807) is 19.2 Å². The van der Waals surface area contributed by atoms with Crippen molar-refractivity contribution in [2.45, 2.75) is 26.4 Å². The van der Waals surface area contributed by atoms with Crippen LogP contribution in [0.4, 0.5) is 4.39 Å². The van der Waals surface area contributed by atoms with Gasteiger partial charge in [0.1, 0.15) is 5.82 Å². The van der Waals surface area contributed by atoms with Gasteiger partial charge < -0.3 is 5.32 Å². The highest BCUT2D eigenvalue weighted by Crippen LogP contribution is 2.25. The molecule has 1 atom stereocenters. The smallest absolute Gasteiger partial charge is 0.131 e. The minimum atomic E-state index is -0.162. The maximum absolute atomic E-state index is 14.1. The highest BCUT2D eigenvalue weighted by molar-refractivity contribution is 5.33. The van der Waals surface area contributed by atoms with Gasteiger partial charge in [-0.25, -0.2) is 4.39 Å². The van der Waals surface area contributed by atoms with Crippen molar-refractivity contribution < 1.29 is 4.39 Å². The van der Waals surface area contributed by atoms with Crippen molar-refractivity contribution in [3.63, 3.8) is 0 Å². The van der Waals surface area contributed by atoms with Crippen molar-refractivity contribution in [1.29, 1.82) is 0 Å². The lowest BCUT2D eigenvalue weighted by Crippen LogP contribution is -2.18. The lowest BCUT2D eigenvalue weighted by Gasteiger charge is -2.16. The predicted molar refractivity (Wildman–Crippen MR) is 69.9 cm³/mol. The molecule has 3 nitrogen and oxygen atoms in total. The monoisotopic (exact) mass is 247 g/mol. The molecule has 0 aliphatic heterocycles. The van der Waals surface area contributed by atoms with E-state index in [2.05, 4.69) is 10.4 Å². The van der Waals surface area contributed by atoms with Gasteiger partial charge >= 0.3 is 0 Å². The molecule has 0 spiro atoms. The molecular formula is C14H18FN3. The summed E-state index contributed by atoms with van der Waals surface area (Å²) in [4.78, 5) is 0. The van der Waals surface area contributed by atoms with Gasteiger partial charge in [-0.2, -0.15) is 5.10 Å². The van der Waals surface area contributed by atoms with E-state index in [-0.39, 0.29) is 11.9 Å². The molecule has 0 fully saturated rings. The average Bonchev–Trinajstić information content (AvgIpc) is 2.84. The number of hydrogen-bond acceptors (Lipinski definition) is 2. The highest BCUT2D eigenvalue weighted by Gasteiger charge is 2.18. The average molecular weight is 247 g/mol. The third kappa shape index (κ3) is 2.29. The van der Waals surface area contributed by atoms with Crippen molar-refractivity contribution in [3.05, 3.63) is 53.1 Å². The number of aromatic nitrogens is 2. The number of hydrogen-bond donors (Lipinski definition) is 1. The maximum atomic E-state index is 14.1. The van der Waals surface area contributed by atoms with E-state index >= 15 is 0 Å². The fourth-order valence-electron chi connectivity index (χ4n) is 2.10. The Kier molecular flexibility index (Phi) is 3.77. The summed E-state index contributed by atoms with van der Waals surface area (Å²) in [6.07, 6.45) is 3.73. The Morgan fingerprint density at radius 2 is 2.22 bits per heavy atom. The van der Waals surface area contributed by atoms with E-state index in [1.165, 1.54) is 0 Å². The fraction of sp³-hybridized carbons (Fsp3) is 0.357. The van der Waals surface area contributed by atoms with Crippen LogP contribution in [0.25, 0.3) is 0 Å². The first kappa shape index (κ1) is 12.8. The molecule has 1 aromatic carbocycles. The second-order valence-corrected chi connectivity index (χ2v) is 4.33. The Morgan fingerprint density at radius 3 is 2.83 bits per heavy atom. The molecule has 0 bridgehead atoms. The molecule has 0 radical (unpaired) electrons. The van der Waals surface area contributed by atoms with Gasteiger partial charge in [0.15, 0.2) is 0 Å². The first-order chi connectivity index (χ1) is 8.67. The van der Waals surface area contributed by atoms with E-state index in [4.69, 9.17) is 0 Å². The quantitative estimate of drug-likeness (QED) is 0.900. The summed E-state index contributed by atoms with van der Waals surface area (Å²) in [6.45, 7) is 4.62. The third-order valence-electron chi connectivity index (χ3n) is 3.13. The van der Waals surface area contributed by atoms with E-state index in [0.29, 0.717) is 11.1 Å². The van der Waals surface area contributed by atoms with Crippen molar-refractivity contribution >= 4 is 0 Å². The topological polar surface area (TPSA) is 29.9 Å². The number of nitrogens with one attached hydrogen (secondary N) is 1. The highest BCUT2D eigenvalue weighted by atomic mass is 19.1. The molecule has 1 N–H and O–H groups in total. The first-order valence-corrected chi connectivity index (χ1v) is 6.12. The lowest BCUT2D eigenvalue weighted by molar-refractivity contribution is 0.568. The molecule has 96 valence electrons. The van der Waals surface area contributed by atoms with Crippen molar-refractivity contribution in [1.82, 2.24) is 15.1 Å². The van der Waals surface area contributed by atoms with Gasteiger partial charge in [0.05, 0.1) is 12.2 Å². The summed E-state index contributed by atoms with van der Waals surface area (Å²) in [7, 11) is 1.83. The van der Waals surface area contributed by atoms with Crippen molar-refractivity contribution in [3.8, 4) is 0 Å². The summed E-state index contributed by atoms with van der Waals surface area (Å²) in [5.41, 5.74) is 2.30. The van der Waals surface area contributed by atoms with Crippen LogP contribution in [0, 0.1) is 12.7 Å². The van der Waals surface area contributed by atoms with Crippen molar-refractivity contribution in [2.24, 2.45) is 0 Å². The molecule has 0 aliphatic carbocycles. The molecule has 0 saturated heterocycles. The van der Waals surface area contributed by atoms with Crippen LogP contribution in [-0.2, 0) is 6.54 Å². The molecule has 2 rings (SSSR count). The standard InChI is InChI=1S/C14H18FN3/c1-4-18-9-11(8-17-18)14(16-3)12-7-5-6-10(2)13(12)15/h5-9,14,16H,4H2,1-3H3. The number of rotatable bonds is 4. The van der Waals surface area contributed by atoms with Crippen LogP contribution in [0.15, 0.2) is 30.6 Å². The van der Waals surface area contributed by atoms with Crippen LogP contribution in [0.5, 0.6) is 0 Å². The van der Waals surface area contributed by atoms with Gasteiger partial charge in [0, 0.05) is 23.9 Å². The van der Waals surface area contributed by atoms with Gasteiger partial charge in [0.2, 0.25) is 0 Å². The van der Waals surface area contributed by atoms with Crippen LogP contribution >= 0.6 is 0 Å². The second-order valence-electron chi connectivity index (χ2n) is 4.33. The molecule has 1 aromatic heterocycles. The van der Waals surface area contributed by atoms with Gasteiger partial charge in [0.25, 0.3) is 0 Å². The number of aryl methyl sites for hydroxylation is 2. The zero-order valence-corrected chi connectivity index (χ0v) is 10.9. The van der Waals surface area contributed by atoms with Crippen LogP contribution < -0.4 is 5.32 Å². The van der Waals surface area contributed by atoms with Gasteiger partial charge in [-0.15, -0.1) is 0 Å². The van der Waals surface area contributed by atoms with Crippen LogP contribution in [0.1, 0.15) is 29.7 Å². The zero-order valence-electron chi connectivity index (χ0n) is 10.9. The summed E-state index contributed by atoms with van der Waals surface area (Å²) in [5.74, 6) is -0.152. The third-order valence-corrected chi connectivity index (χ3v) is 3.13. The summed E-state index contributed by atoms with van der Waals surface area (Å²) in [6, 6.07) is 5.31. The van der Waals surface area contributed by atoms with Crippen LogP contribution in [0.2, 0.25) is 0 Å². The minimum absolute atomic E-state index is 0.152. The lowest BCUT2D eigenvalue weighted by atomic mass is 9.99. The van der Waals surface area contributed by atoms with Crippen molar-refractivity contribution in [2.75, 3.05) is 7.05 Å². The fourth-order valence-corrected chi connectivity index (χ4v) is 2.10. The van der Waals surface area contributed by atoms with Gasteiger partial charge in [-0.3, -0.25) is 4.68 Å². The number of nitrogens with zero attached hydrogens (tertiary/aromatic N) is 2. The Morgan fingerprint density at radius 1 is 1.44 bits per heavy atom. The molecular weight excluding hydrogens is 229 g/mol. The van der Waals surface area contributed by atoms with Crippen LogP contribution in [-0.4, -0.2) is 16.8 Å². The number of halogens is 1. The molecule has 0 aliphatic rings. The van der Waals surface area contributed by atoms with Gasteiger partial charge in [-0.05, 0) is 26.5 Å². The molecule has 18 heavy (non-hydrogen) atoms. The largest absolute Gasteiger partial charge is 0.309 e. The Bertz CT molecular complexity index is 534. The first-order valence-electron chi connectivity index (χ1n) is 6.12. The summed E-state index contributed by atoms with van der Waals surface area (Å²) >= 11 is 0. The Hall–Kier alpha value is -1.68. The Labute approximate surface area is 107 Å². The van der Waals surface area contributed by atoms with Crippen LogP contribution in [0.3, 0.4) is 0 Å². The number of benzene rings is 1. The normalized spacial score (nSPS) is 12.7. The van der Waals surface area contributed by atoms with E-state index in [9.17, 15) is 4.39 Å². The second kappa shape index (κ2) is 5.31. The molecule has 1 heterocycles. The molecule has 0 saturated carbocycles. The Balaban J connectivity index is 2.41. The SMILES string of the molecule is CCn1cc(C(NC)c2cccc(C)c2F)cn1. The maximum Gasteiger partial charge on any atom is 0.131 e. The summed E-state index contributed by atoms with van der Waals surface area (Å²) < 4.78 is 16.0. The molecule has 1 unspecified atom stereocenters. The van der Waals surface area contributed by atoms with Gasteiger partial charge in [-0.1, -0.05) is 18.2 Å². The molecule has 2 aromatic rings. The van der Waals surface area contributed by atoms with E-state index in [0.717, 1.165) is 12.1 Å². The summed E-state index contributed by atoms with van der Waals surface area (Å²) in [5, 5.41) is 7.38. The van der Waals surface area contributed by atoms with E-state index in [1.807, 2.05) is 37.0 Å². The predicted octanol–water partition coefficient (Wildman–Crippen LogP) is 2.66. The zero-order chi connectivity index (χ0) is 13.1. The molecule has 4 heteroatoms. The molecule has 0 amide bonds.